The molecule has 6 heteroatoms. The molecule has 3 rings (SSSR count). The van der Waals surface area contributed by atoms with Crippen molar-refractivity contribution in [3.63, 3.8) is 0 Å². The van der Waals surface area contributed by atoms with E-state index in [0.29, 0.717) is 11.8 Å². The fourth-order valence-corrected chi connectivity index (χ4v) is 3.26. The van der Waals surface area contributed by atoms with Crippen LogP contribution in [0.15, 0.2) is 28.7 Å². The third kappa shape index (κ3) is 4.98. The van der Waals surface area contributed by atoms with E-state index in [4.69, 9.17) is 9.15 Å². The maximum atomic E-state index is 5.87. The fourth-order valence-electron chi connectivity index (χ4n) is 2.90. The minimum atomic E-state index is 0.565. The smallest absolute Gasteiger partial charge is 0.247 e. The van der Waals surface area contributed by atoms with Crippen LogP contribution in [0.25, 0.3) is 11.5 Å². The molecule has 1 aliphatic rings. The lowest BCUT2D eigenvalue weighted by atomic mass is 10.2. The van der Waals surface area contributed by atoms with Crippen LogP contribution in [-0.2, 0) is 5.75 Å². The van der Waals surface area contributed by atoms with E-state index in [9.17, 15) is 0 Å². The van der Waals surface area contributed by atoms with E-state index in [0.717, 1.165) is 30.2 Å². The highest BCUT2D eigenvalue weighted by Gasteiger charge is 2.10. The standard InChI is InChI=1S/C18H25N3O2S/c1-24-14-17-19-20-18(23-17)15-6-8-16(9-7-15)22-13-12-21-10-4-2-3-5-11-21/h6-9H,2-5,10-14H2,1H3. The second-order valence-corrected chi connectivity index (χ2v) is 6.93. The van der Waals surface area contributed by atoms with Crippen LogP contribution in [-0.4, -0.2) is 47.6 Å². The summed E-state index contributed by atoms with van der Waals surface area (Å²) in [7, 11) is 0. The van der Waals surface area contributed by atoms with Gasteiger partial charge in [0.1, 0.15) is 12.4 Å². The molecule has 130 valence electrons. The van der Waals surface area contributed by atoms with Crippen LogP contribution < -0.4 is 4.74 Å². The molecule has 5 nitrogen and oxygen atoms in total. The molecule has 2 aromatic rings. The van der Waals surface area contributed by atoms with Gasteiger partial charge in [-0.2, -0.15) is 11.8 Å². The van der Waals surface area contributed by atoms with E-state index in [-0.39, 0.29) is 0 Å². The molecule has 0 unspecified atom stereocenters. The Morgan fingerprint density at radius 1 is 1.08 bits per heavy atom. The molecule has 0 aliphatic carbocycles. The van der Waals surface area contributed by atoms with Crippen LogP contribution in [0.3, 0.4) is 0 Å². The predicted octanol–water partition coefficient (Wildman–Crippen LogP) is 3.85. The quantitative estimate of drug-likeness (QED) is 0.758. The van der Waals surface area contributed by atoms with Gasteiger partial charge in [-0.15, -0.1) is 10.2 Å². The third-order valence-corrected chi connectivity index (χ3v) is 4.75. The molecule has 0 N–H and O–H groups in total. The molecule has 24 heavy (non-hydrogen) atoms. The SMILES string of the molecule is CSCc1nnc(-c2ccc(OCCN3CCCCCC3)cc2)o1. The number of thioether (sulfide) groups is 1. The Hall–Kier alpha value is -1.53. The Kier molecular flexibility index (Phi) is 6.55. The molecule has 1 aromatic heterocycles. The van der Waals surface area contributed by atoms with Gasteiger partial charge >= 0.3 is 0 Å². The minimum Gasteiger partial charge on any atom is -0.492 e. The maximum Gasteiger partial charge on any atom is 0.247 e. The van der Waals surface area contributed by atoms with Crippen LogP contribution in [0, 0.1) is 0 Å². The van der Waals surface area contributed by atoms with Crippen LogP contribution in [0.2, 0.25) is 0 Å². The van der Waals surface area contributed by atoms with Gasteiger partial charge in [0.15, 0.2) is 0 Å². The Bertz CT molecular complexity index is 607. The molecule has 0 amide bonds. The van der Waals surface area contributed by atoms with E-state index < -0.39 is 0 Å². The first-order valence-electron chi connectivity index (χ1n) is 8.62. The highest BCUT2D eigenvalue weighted by atomic mass is 32.2. The lowest BCUT2D eigenvalue weighted by Gasteiger charge is -2.19. The van der Waals surface area contributed by atoms with Crippen molar-refractivity contribution in [2.24, 2.45) is 0 Å². The summed E-state index contributed by atoms with van der Waals surface area (Å²) in [6.45, 7) is 4.15. The number of hydrogen-bond acceptors (Lipinski definition) is 6. The molecular weight excluding hydrogens is 322 g/mol. The molecular formula is C18H25N3O2S. The predicted molar refractivity (Wildman–Crippen MR) is 97.4 cm³/mol. The monoisotopic (exact) mass is 347 g/mol. The lowest BCUT2D eigenvalue weighted by molar-refractivity contribution is 0.214. The summed E-state index contributed by atoms with van der Waals surface area (Å²) in [6, 6.07) is 7.88. The number of benzene rings is 1. The van der Waals surface area contributed by atoms with E-state index in [1.54, 1.807) is 11.8 Å². The van der Waals surface area contributed by atoms with Crippen molar-refractivity contribution in [3.05, 3.63) is 30.2 Å². The molecule has 0 radical (unpaired) electrons. The van der Waals surface area contributed by atoms with Crippen molar-refractivity contribution in [2.75, 3.05) is 32.5 Å². The van der Waals surface area contributed by atoms with E-state index in [1.165, 1.54) is 38.8 Å². The third-order valence-electron chi connectivity index (χ3n) is 4.21. The summed E-state index contributed by atoms with van der Waals surface area (Å²) in [4.78, 5) is 2.51. The first-order valence-corrected chi connectivity index (χ1v) is 10.0. The number of hydrogen-bond donors (Lipinski definition) is 0. The zero-order chi connectivity index (χ0) is 16.6. The first kappa shape index (κ1) is 17.3. The molecule has 1 fully saturated rings. The second-order valence-electron chi connectivity index (χ2n) is 6.06. The average Bonchev–Trinajstić information content (AvgIpc) is 2.91. The summed E-state index contributed by atoms with van der Waals surface area (Å²) in [5.74, 6) is 2.85. The summed E-state index contributed by atoms with van der Waals surface area (Å²) < 4.78 is 11.5. The van der Waals surface area contributed by atoms with Gasteiger partial charge in [0.25, 0.3) is 0 Å². The second kappa shape index (κ2) is 9.08. The zero-order valence-electron chi connectivity index (χ0n) is 14.2. The normalized spacial score (nSPS) is 16.0. The largest absolute Gasteiger partial charge is 0.492 e. The number of aromatic nitrogens is 2. The van der Waals surface area contributed by atoms with Crippen LogP contribution in [0.4, 0.5) is 0 Å². The number of nitrogens with zero attached hydrogens (tertiary/aromatic N) is 3. The van der Waals surface area contributed by atoms with Gasteiger partial charge in [-0.05, 0) is 56.5 Å². The van der Waals surface area contributed by atoms with Gasteiger partial charge in [-0.25, -0.2) is 0 Å². The summed E-state index contributed by atoms with van der Waals surface area (Å²) in [5, 5.41) is 8.13. The number of rotatable bonds is 7. The molecule has 0 atom stereocenters. The van der Waals surface area contributed by atoms with Crippen molar-refractivity contribution in [2.45, 2.75) is 31.4 Å². The molecule has 2 heterocycles. The van der Waals surface area contributed by atoms with Gasteiger partial charge in [0.2, 0.25) is 11.8 Å². The molecule has 0 saturated carbocycles. The minimum absolute atomic E-state index is 0.565. The van der Waals surface area contributed by atoms with Gasteiger partial charge < -0.3 is 9.15 Å². The number of likely N-dealkylation sites (tertiary alicyclic amines) is 1. The van der Waals surface area contributed by atoms with Crippen molar-refractivity contribution in [1.29, 1.82) is 0 Å². The van der Waals surface area contributed by atoms with Gasteiger partial charge in [0.05, 0.1) is 5.75 Å². The summed E-state index contributed by atoms with van der Waals surface area (Å²) >= 11 is 1.67. The number of ether oxygens (including phenoxy) is 1. The topological polar surface area (TPSA) is 51.4 Å². The maximum absolute atomic E-state index is 5.87. The lowest BCUT2D eigenvalue weighted by Crippen LogP contribution is -2.29. The van der Waals surface area contributed by atoms with Crippen molar-refractivity contribution in [1.82, 2.24) is 15.1 Å². The van der Waals surface area contributed by atoms with Gasteiger partial charge in [-0.3, -0.25) is 4.90 Å². The fraction of sp³-hybridized carbons (Fsp3) is 0.556. The molecule has 0 spiro atoms. The molecule has 1 saturated heterocycles. The van der Waals surface area contributed by atoms with Crippen LogP contribution in [0.5, 0.6) is 5.75 Å². The van der Waals surface area contributed by atoms with Gasteiger partial charge in [0, 0.05) is 12.1 Å². The first-order chi connectivity index (χ1) is 11.8. The summed E-state index contributed by atoms with van der Waals surface area (Å²) in [5.41, 5.74) is 0.926. The Morgan fingerprint density at radius 2 is 1.83 bits per heavy atom. The van der Waals surface area contributed by atoms with Crippen LogP contribution in [0.1, 0.15) is 31.6 Å². The highest BCUT2D eigenvalue weighted by molar-refractivity contribution is 7.97. The zero-order valence-corrected chi connectivity index (χ0v) is 15.1. The highest BCUT2D eigenvalue weighted by Crippen LogP contribution is 2.22. The molecule has 1 aromatic carbocycles. The van der Waals surface area contributed by atoms with Crippen LogP contribution >= 0.6 is 11.8 Å². The van der Waals surface area contributed by atoms with Gasteiger partial charge in [-0.1, -0.05) is 12.8 Å². The van der Waals surface area contributed by atoms with E-state index in [2.05, 4.69) is 15.1 Å². The van der Waals surface area contributed by atoms with Crippen molar-refractivity contribution >= 4 is 11.8 Å². The van der Waals surface area contributed by atoms with Crippen molar-refractivity contribution in [3.8, 4) is 17.2 Å². The molecule has 1 aliphatic heterocycles. The Labute approximate surface area is 147 Å². The molecule has 0 bridgehead atoms. The Balaban J connectivity index is 1.48. The van der Waals surface area contributed by atoms with E-state index in [1.807, 2.05) is 30.5 Å². The Morgan fingerprint density at radius 3 is 2.54 bits per heavy atom. The average molecular weight is 347 g/mol. The van der Waals surface area contributed by atoms with Crippen molar-refractivity contribution < 1.29 is 9.15 Å². The van der Waals surface area contributed by atoms with E-state index >= 15 is 0 Å². The summed E-state index contributed by atoms with van der Waals surface area (Å²) in [6.07, 6.45) is 7.39.